The fourth-order valence-electron chi connectivity index (χ4n) is 3.93. The van der Waals surface area contributed by atoms with Crippen molar-refractivity contribution in [3.8, 4) is 12.1 Å². The zero-order valence-electron chi connectivity index (χ0n) is 13.4. The van der Waals surface area contributed by atoms with Gasteiger partial charge in [0.25, 0.3) is 5.91 Å². The molecule has 124 valence electrons. The second kappa shape index (κ2) is 5.46. The van der Waals surface area contributed by atoms with Crippen molar-refractivity contribution < 1.29 is 9.47 Å². The van der Waals surface area contributed by atoms with E-state index < -0.39 is 22.7 Å². The standard InChI is InChI=1S/C17H17ClN4O2/c1-3-23-17(24-4-2)16(10-20)13(11-7-5-6-8-12(11)18)15(16,9-19)14(21)22-17/h5-8,13H,3-4H2,1-2H3,(H2,21,22)/t13-,15-,16-/m1/s1. The van der Waals surface area contributed by atoms with Crippen molar-refractivity contribution in [2.75, 3.05) is 13.2 Å². The van der Waals surface area contributed by atoms with Gasteiger partial charge >= 0.3 is 0 Å². The lowest BCUT2D eigenvalue weighted by Gasteiger charge is -2.31. The van der Waals surface area contributed by atoms with Gasteiger partial charge in [-0.1, -0.05) is 29.8 Å². The summed E-state index contributed by atoms with van der Waals surface area (Å²) in [6.45, 7) is 4.07. The Labute approximate surface area is 145 Å². The number of nitrogens with zero attached hydrogens (tertiary/aromatic N) is 3. The molecule has 1 aliphatic heterocycles. The van der Waals surface area contributed by atoms with Crippen LogP contribution in [0.25, 0.3) is 0 Å². The number of aliphatic imine (C=N–C) groups is 1. The van der Waals surface area contributed by atoms with Gasteiger partial charge in [-0.25, -0.2) is 4.99 Å². The molecule has 3 atom stereocenters. The van der Waals surface area contributed by atoms with Gasteiger partial charge in [0.2, 0.25) is 0 Å². The molecular formula is C17H17ClN4O2. The fraction of sp³-hybridized carbons (Fsp3) is 0.471. The molecule has 0 bridgehead atoms. The average molecular weight is 345 g/mol. The first-order chi connectivity index (χ1) is 11.5. The maximum atomic E-state index is 10.1. The topological polar surface area (TPSA) is 104 Å². The van der Waals surface area contributed by atoms with Gasteiger partial charge < -0.3 is 15.2 Å². The number of hydrogen-bond donors (Lipinski definition) is 1. The first kappa shape index (κ1) is 16.7. The minimum atomic E-state index is -1.60. The van der Waals surface area contributed by atoms with Crippen LogP contribution in [0.4, 0.5) is 0 Å². The van der Waals surface area contributed by atoms with E-state index >= 15 is 0 Å². The minimum absolute atomic E-state index is 0.0540. The number of halogens is 1. The van der Waals surface area contributed by atoms with E-state index in [1.807, 2.05) is 6.07 Å². The molecule has 1 fully saturated rings. The summed E-state index contributed by atoms with van der Waals surface area (Å²) in [6.07, 6.45) is 0. The number of nitriles is 2. The number of nitrogens with two attached hydrogens (primary N) is 1. The molecule has 1 saturated carbocycles. The molecule has 2 aliphatic rings. The molecule has 3 rings (SSSR count). The van der Waals surface area contributed by atoms with Crippen molar-refractivity contribution >= 4 is 17.4 Å². The largest absolute Gasteiger partial charge is 0.386 e. The molecule has 0 aromatic heterocycles. The van der Waals surface area contributed by atoms with E-state index in [0.29, 0.717) is 10.6 Å². The van der Waals surface area contributed by atoms with E-state index in [1.54, 1.807) is 32.0 Å². The Kier molecular flexibility index (Phi) is 3.80. The van der Waals surface area contributed by atoms with Crippen LogP contribution >= 0.6 is 11.6 Å². The van der Waals surface area contributed by atoms with Crippen molar-refractivity contribution in [1.29, 1.82) is 10.5 Å². The predicted octanol–water partition coefficient (Wildman–Crippen LogP) is 2.55. The Morgan fingerprint density at radius 2 is 1.83 bits per heavy atom. The molecule has 1 aromatic carbocycles. The molecule has 1 aromatic rings. The number of fused-ring (bicyclic) bond motifs is 1. The third kappa shape index (κ3) is 1.63. The molecule has 7 heteroatoms. The van der Waals surface area contributed by atoms with Crippen LogP contribution in [0.1, 0.15) is 25.3 Å². The predicted molar refractivity (Wildman–Crippen MR) is 87.9 cm³/mol. The average Bonchev–Trinajstić information content (AvgIpc) is 3.14. The van der Waals surface area contributed by atoms with Crippen molar-refractivity contribution in [3.05, 3.63) is 34.9 Å². The highest BCUT2D eigenvalue weighted by molar-refractivity contribution is 6.31. The highest BCUT2D eigenvalue weighted by Crippen LogP contribution is 2.82. The maximum absolute atomic E-state index is 10.1. The van der Waals surface area contributed by atoms with Gasteiger partial charge in [-0.3, -0.25) is 0 Å². The van der Waals surface area contributed by atoms with Crippen LogP contribution in [0.2, 0.25) is 5.02 Å². The number of hydrogen-bond acceptors (Lipinski definition) is 6. The second-order valence-corrected chi connectivity index (χ2v) is 6.15. The first-order valence-corrected chi connectivity index (χ1v) is 8.09. The minimum Gasteiger partial charge on any atom is -0.386 e. The summed E-state index contributed by atoms with van der Waals surface area (Å²) in [4.78, 5) is 4.28. The molecule has 0 saturated heterocycles. The van der Waals surface area contributed by atoms with Crippen molar-refractivity contribution in [1.82, 2.24) is 0 Å². The van der Waals surface area contributed by atoms with Crippen LogP contribution in [-0.4, -0.2) is 25.0 Å². The Balaban J connectivity index is 2.25. The van der Waals surface area contributed by atoms with E-state index in [9.17, 15) is 10.5 Å². The molecule has 0 spiro atoms. The maximum Gasteiger partial charge on any atom is 0.293 e. The number of benzene rings is 1. The van der Waals surface area contributed by atoms with Crippen molar-refractivity contribution in [2.24, 2.45) is 21.6 Å². The van der Waals surface area contributed by atoms with Gasteiger partial charge in [-0.15, -0.1) is 0 Å². The lowest BCUT2D eigenvalue weighted by Crippen LogP contribution is -2.43. The molecular weight excluding hydrogens is 328 g/mol. The smallest absolute Gasteiger partial charge is 0.293 e. The van der Waals surface area contributed by atoms with Crippen LogP contribution < -0.4 is 5.73 Å². The van der Waals surface area contributed by atoms with E-state index in [2.05, 4.69) is 17.1 Å². The highest BCUT2D eigenvalue weighted by atomic mass is 35.5. The van der Waals surface area contributed by atoms with Gasteiger partial charge in [0.1, 0.15) is 11.3 Å². The fourth-order valence-corrected chi connectivity index (χ4v) is 4.17. The van der Waals surface area contributed by atoms with Crippen LogP contribution in [-0.2, 0) is 9.47 Å². The summed E-state index contributed by atoms with van der Waals surface area (Å²) in [6, 6.07) is 11.6. The molecule has 1 aliphatic carbocycles. The van der Waals surface area contributed by atoms with Gasteiger partial charge in [0.15, 0.2) is 5.41 Å². The Bertz CT molecular complexity index is 791. The Hall–Kier alpha value is -2.12. The Morgan fingerprint density at radius 1 is 1.21 bits per heavy atom. The van der Waals surface area contributed by atoms with E-state index in [4.69, 9.17) is 26.8 Å². The molecule has 0 radical (unpaired) electrons. The summed E-state index contributed by atoms with van der Waals surface area (Å²) < 4.78 is 11.5. The molecule has 1 heterocycles. The number of amidine groups is 1. The SMILES string of the molecule is CCOC1(OCC)N=C(N)[C@@]2(C#N)[C@@H](c3ccccc3Cl)[C@@]12C#N. The van der Waals surface area contributed by atoms with Crippen molar-refractivity contribution in [2.45, 2.75) is 25.7 Å². The van der Waals surface area contributed by atoms with Gasteiger partial charge in [0, 0.05) is 24.2 Å². The van der Waals surface area contributed by atoms with Gasteiger partial charge in [0.05, 0.1) is 12.1 Å². The number of rotatable bonds is 5. The van der Waals surface area contributed by atoms with Crippen LogP contribution in [0.15, 0.2) is 29.3 Å². The summed E-state index contributed by atoms with van der Waals surface area (Å²) in [5.41, 5.74) is 4.11. The van der Waals surface area contributed by atoms with E-state index in [0.717, 1.165) is 0 Å². The zero-order valence-corrected chi connectivity index (χ0v) is 14.2. The van der Waals surface area contributed by atoms with Gasteiger partial charge in [-0.2, -0.15) is 10.5 Å². The molecule has 0 unspecified atom stereocenters. The van der Waals surface area contributed by atoms with E-state index in [1.165, 1.54) is 0 Å². The normalized spacial score (nSPS) is 32.4. The highest BCUT2D eigenvalue weighted by Gasteiger charge is 2.93. The molecule has 6 nitrogen and oxygen atoms in total. The summed E-state index contributed by atoms with van der Waals surface area (Å²) >= 11 is 6.32. The van der Waals surface area contributed by atoms with Crippen molar-refractivity contribution in [3.63, 3.8) is 0 Å². The lowest BCUT2D eigenvalue weighted by atomic mass is 9.93. The molecule has 0 amide bonds. The zero-order chi connectivity index (χ0) is 17.6. The van der Waals surface area contributed by atoms with E-state index in [-0.39, 0.29) is 19.0 Å². The third-order valence-corrected chi connectivity index (χ3v) is 5.17. The quantitative estimate of drug-likeness (QED) is 0.826. The third-order valence-electron chi connectivity index (χ3n) is 4.82. The number of ether oxygens (including phenoxy) is 2. The van der Waals surface area contributed by atoms with Crippen LogP contribution in [0.5, 0.6) is 0 Å². The van der Waals surface area contributed by atoms with Crippen LogP contribution in [0.3, 0.4) is 0 Å². The lowest BCUT2D eigenvalue weighted by molar-refractivity contribution is -0.255. The monoisotopic (exact) mass is 344 g/mol. The second-order valence-electron chi connectivity index (χ2n) is 5.74. The van der Waals surface area contributed by atoms with Crippen LogP contribution in [0, 0.1) is 33.5 Å². The first-order valence-electron chi connectivity index (χ1n) is 7.72. The van der Waals surface area contributed by atoms with Gasteiger partial charge in [-0.05, 0) is 25.5 Å². The summed E-state index contributed by atoms with van der Waals surface area (Å²) in [5.74, 6) is -2.11. The molecule has 2 N–H and O–H groups in total. The summed E-state index contributed by atoms with van der Waals surface area (Å²) in [5, 5.41) is 20.4. The Morgan fingerprint density at radius 3 is 2.33 bits per heavy atom. The summed E-state index contributed by atoms with van der Waals surface area (Å²) in [7, 11) is 0. The molecule has 24 heavy (non-hydrogen) atoms.